The van der Waals surface area contributed by atoms with E-state index in [1.165, 1.54) is 12.1 Å². The lowest BCUT2D eigenvalue weighted by Crippen LogP contribution is -2.45. The van der Waals surface area contributed by atoms with Gasteiger partial charge in [0.05, 0.1) is 6.04 Å². The summed E-state index contributed by atoms with van der Waals surface area (Å²) in [5.74, 6) is -1.21. The van der Waals surface area contributed by atoms with E-state index in [0.717, 1.165) is 18.9 Å². The maximum atomic E-state index is 13.0. The zero-order chi connectivity index (χ0) is 15.8. The lowest BCUT2D eigenvalue weighted by atomic mass is 10.1. The Hall–Kier alpha value is -1.49. The Morgan fingerprint density at radius 3 is 2.38 bits per heavy atom. The van der Waals surface area contributed by atoms with Crippen LogP contribution in [0.1, 0.15) is 39.2 Å². The van der Waals surface area contributed by atoms with Gasteiger partial charge in [-0.05, 0) is 50.9 Å². The Labute approximate surface area is 125 Å². The predicted octanol–water partition coefficient (Wildman–Crippen LogP) is 2.79. The minimum atomic E-state index is -0.579. The van der Waals surface area contributed by atoms with Crippen molar-refractivity contribution in [2.75, 3.05) is 6.54 Å². The highest BCUT2D eigenvalue weighted by atomic mass is 19.1. The molecule has 0 aliphatic heterocycles. The highest BCUT2D eigenvalue weighted by molar-refractivity contribution is 5.81. The van der Waals surface area contributed by atoms with E-state index in [-0.39, 0.29) is 18.0 Å². The van der Waals surface area contributed by atoms with Crippen molar-refractivity contribution in [2.24, 2.45) is 0 Å². The van der Waals surface area contributed by atoms with E-state index in [2.05, 4.69) is 17.6 Å². The van der Waals surface area contributed by atoms with Gasteiger partial charge in [-0.25, -0.2) is 8.78 Å². The van der Waals surface area contributed by atoms with Crippen molar-refractivity contribution in [2.45, 2.75) is 52.1 Å². The number of nitrogens with one attached hydrogen (secondary N) is 2. The Bertz CT molecular complexity index is 445. The first-order valence-corrected chi connectivity index (χ1v) is 7.41. The summed E-state index contributed by atoms with van der Waals surface area (Å²) in [6, 6.07) is 3.28. The highest BCUT2D eigenvalue weighted by Crippen LogP contribution is 2.08. The van der Waals surface area contributed by atoms with E-state index in [0.29, 0.717) is 18.5 Å². The molecule has 0 fully saturated rings. The first-order valence-electron chi connectivity index (χ1n) is 7.41. The molecule has 2 atom stereocenters. The first kappa shape index (κ1) is 17.6. The zero-order valence-corrected chi connectivity index (χ0v) is 12.9. The summed E-state index contributed by atoms with van der Waals surface area (Å²) in [4.78, 5) is 11.9. The van der Waals surface area contributed by atoms with Gasteiger partial charge in [0.2, 0.25) is 5.91 Å². The molecular weight excluding hydrogens is 274 g/mol. The van der Waals surface area contributed by atoms with Crippen molar-refractivity contribution >= 4 is 5.91 Å². The third-order valence-electron chi connectivity index (χ3n) is 3.29. The normalized spacial score (nSPS) is 13.8. The van der Waals surface area contributed by atoms with Crippen LogP contribution in [0.3, 0.4) is 0 Å². The van der Waals surface area contributed by atoms with Gasteiger partial charge in [0.1, 0.15) is 11.6 Å². The second-order valence-corrected chi connectivity index (χ2v) is 5.40. The van der Waals surface area contributed by atoms with Crippen LogP contribution in [-0.4, -0.2) is 24.5 Å². The van der Waals surface area contributed by atoms with Gasteiger partial charge < -0.3 is 10.6 Å². The van der Waals surface area contributed by atoms with Crippen molar-refractivity contribution in [3.05, 3.63) is 35.4 Å². The fourth-order valence-corrected chi connectivity index (χ4v) is 2.15. The van der Waals surface area contributed by atoms with E-state index in [1.807, 2.05) is 6.92 Å². The molecule has 0 bridgehead atoms. The molecule has 5 heteroatoms. The van der Waals surface area contributed by atoms with Gasteiger partial charge >= 0.3 is 0 Å². The van der Waals surface area contributed by atoms with E-state index in [9.17, 15) is 13.6 Å². The average molecular weight is 298 g/mol. The van der Waals surface area contributed by atoms with Crippen LogP contribution in [0.15, 0.2) is 18.2 Å². The number of carbonyl (C=O) groups is 1. The van der Waals surface area contributed by atoms with Crippen molar-refractivity contribution < 1.29 is 13.6 Å². The molecule has 21 heavy (non-hydrogen) atoms. The summed E-state index contributed by atoms with van der Waals surface area (Å²) >= 11 is 0. The standard InChI is InChI=1S/C16H24F2N2O/c1-4-5-11(2)20-16(21)12(3)19-7-6-13-8-14(17)10-15(18)9-13/h8-12,19H,4-7H2,1-3H3,(H,20,21). The lowest BCUT2D eigenvalue weighted by Gasteiger charge is -2.18. The van der Waals surface area contributed by atoms with Gasteiger partial charge in [-0.1, -0.05) is 13.3 Å². The van der Waals surface area contributed by atoms with Crippen LogP contribution < -0.4 is 10.6 Å². The molecule has 1 rings (SSSR count). The van der Waals surface area contributed by atoms with E-state index < -0.39 is 11.6 Å². The molecule has 1 aromatic rings. The average Bonchev–Trinajstić information content (AvgIpc) is 2.37. The van der Waals surface area contributed by atoms with Gasteiger partial charge in [0.15, 0.2) is 0 Å². The topological polar surface area (TPSA) is 41.1 Å². The number of hydrogen-bond acceptors (Lipinski definition) is 2. The number of rotatable bonds is 8. The van der Waals surface area contributed by atoms with Gasteiger partial charge in [-0.2, -0.15) is 0 Å². The molecule has 118 valence electrons. The zero-order valence-electron chi connectivity index (χ0n) is 12.9. The predicted molar refractivity (Wildman–Crippen MR) is 80.0 cm³/mol. The molecule has 0 saturated carbocycles. The van der Waals surface area contributed by atoms with Crippen LogP contribution in [0.2, 0.25) is 0 Å². The first-order chi connectivity index (χ1) is 9.92. The van der Waals surface area contributed by atoms with Crippen LogP contribution in [-0.2, 0) is 11.2 Å². The maximum absolute atomic E-state index is 13.0. The summed E-state index contributed by atoms with van der Waals surface area (Å²) in [5.41, 5.74) is 0.576. The van der Waals surface area contributed by atoms with E-state index >= 15 is 0 Å². The van der Waals surface area contributed by atoms with Crippen molar-refractivity contribution in [3.63, 3.8) is 0 Å². The van der Waals surface area contributed by atoms with Gasteiger partial charge in [0.25, 0.3) is 0 Å². The van der Waals surface area contributed by atoms with Crippen LogP contribution in [0.4, 0.5) is 8.78 Å². The molecule has 3 nitrogen and oxygen atoms in total. The molecule has 0 aliphatic rings. The number of halogens is 2. The molecule has 0 aromatic heterocycles. The van der Waals surface area contributed by atoms with Crippen LogP contribution >= 0.6 is 0 Å². The molecule has 0 aliphatic carbocycles. The number of carbonyl (C=O) groups excluding carboxylic acids is 1. The summed E-state index contributed by atoms with van der Waals surface area (Å²) in [5, 5.41) is 5.99. The van der Waals surface area contributed by atoms with Crippen molar-refractivity contribution in [3.8, 4) is 0 Å². The third-order valence-corrected chi connectivity index (χ3v) is 3.29. The lowest BCUT2D eigenvalue weighted by molar-refractivity contribution is -0.123. The molecule has 1 aromatic carbocycles. The quantitative estimate of drug-likeness (QED) is 0.775. The molecule has 0 saturated heterocycles. The summed E-state index contributed by atoms with van der Waals surface area (Å²) in [7, 11) is 0. The Morgan fingerprint density at radius 1 is 1.19 bits per heavy atom. The minimum Gasteiger partial charge on any atom is -0.352 e. The molecule has 2 N–H and O–H groups in total. The third kappa shape index (κ3) is 6.67. The number of benzene rings is 1. The second kappa shape index (κ2) is 8.72. The Balaban J connectivity index is 2.35. The van der Waals surface area contributed by atoms with Crippen LogP contribution in [0.25, 0.3) is 0 Å². The second-order valence-electron chi connectivity index (χ2n) is 5.40. The maximum Gasteiger partial charge on any atom is 0.237 e. The van der Waals surface area contributed by atoms with E-state index in [4.69, 9.17) is 0 Å². The summed E-state index contributed by atoms with van der Waals surface area (Å²) < 4.78 is 26.1. The number of amides is 1. The number of hydrogen-bond donors (Lipinski definition) is 2. The summed E-state index contributed by atoms with van der Waals surface area (Å²) in [6.07, 6.45) is 2.44. The molecule has 0 radical (unpaired) electrons. The van der Waals surface area contributed by atoms with Crippen molar-refractivity contribution in [1.82, 2.24) is 10.6 Å². The fourth-order valence-electron chi connectivity index (χ4n) is 2.15. The molecule has 0 heterocycles. The Morgan fingerprint density at radius 2 is 1.81 bits per heavy atom. The SMILES string of the molecule is CCCC(C)NC(=O)C(C)NCCc1cc(F)cc(F)c1. The largest absolute Gasteiger partial charge is 0.352 e. The molecule has 0 spiro atoms. The fraction of sp³-hybridized carbons (Fsp3) is 0.562. The van der Waals surface area contributed by atoms with E-state index in [1.54, 1.807) is 6.92 Å². The molecule has 2 unspecified atom stereocenters. The Kier molecular flexibility index (Phi) is 7.29. The van der Waals surface area contributed by atoms with Crippen molar-refractivity contribution in [1.29, 1.82) is 0 Å². The molecule has 1 amide bonds. The van der Waals surface area contributed by atoms with Crippen LogP contribution in [0.5, 0.6) is 0 Å². The van der Waals surface area contributed by atoms with Crippen LogP contribution in [0, 0.1) is 11.6 Å². The molecular formula is C16H24F2N2O. The van der Waals surface area contributed by atoms with Gasteiger partial charge in [0, 0.05) is 12.1 Å². The highest BCUT2D eigenvalue weighted by Gasteiger charge is 2.14. The minimum absolute atomic E-state index is 0.0543. The smallest absolute Gasteiger partial charge is 0.237 e. The summed E-state index contributed by atoms with van der Waals surface area (Å²) in [6.45, 7) is 6.31. The van der Waals surface area contributed by atoms with Gasteiger partial charge in [-0.3, -0.25) is 4.79 Å². The monoisotopic (exact) mass is 298 g/mol. The van der Waals surface area contributed by atoms with Gasteiger partial charge in [-0.15, -0.1) is 0 Å².